The lowest BCUT2D eigenvalue weighted by Gasteiger charge is -2.56. The van der Waals surface area contributed by atoms with E-state index in [4.69, 9.17) is 10.5 Å². The molecule has 5 nitrogen and oxygen atoms in total. The standard InChI is InChI=1S/C19H23NO4/c1-3-7-18-14-11-4-5-12(17(20)22)15(14)24-16(18)13(21)6-8-19(18,23)10(2)9-11/h4-5,10,16,23H,3,6-9H2,1-2H3,(H2,20,22). The van der Waals surface area contributed by atoms with Crippen LogP contribution in [0.3, 0.4) is 0 Å². The lowest BCUT2D eigenvalue weighted by molar-refractivity contribution is -0.164. The van der Waals surface area contributed by atoms with Gasteiger partial charge >= 0.3 is 0 Å². The minimum absolute atomic E-state index is 0.0137. The number of hydrogen-bond acceptors (Lipinski definition) is 4. The molecule has 0 spiro atoms. The van der Waals surface area contributed by atoms with Gasteiger partial charge in [0.2, 0.25) is 0 Å². The molecule has 1 aromatic rings. The Hall–Kier alpha value is -1.88. The molecule has 0 bridgehead atoms. The van der Waals surface area contributed by atoms with Gasteiger partial charge in [-0.15, -0.1) is 0 Å². The monoisotopic (exact) mass is 329 g/mol. The van der Waals surface area contributed by atoms with Crippen molar-refractivity contribution in [2.75, 3.05) is 0 Å². The highest BCUT2D eigenvalue weighted by molar-refractivity contribution is 5.98. The van der Waals surface area contributed by atoms with E-state index in [-0.39, 0.29) is 11.7 Å². The van der Waals surface area contributed by atoms with Gasteiger partial charge in [0, 0.05) is 12.0 Å². The van der Waals surface area contributed by atoms with Crippen molar-refractivity contribution in [3.05, 3.63) is 28.8 Å². The molecule has 4 rings (SSSR count). The average Bonchev–Trinajstić information content (AvgIpc) is 2.88. The number of Topliss-reactive ketones (excluding diaryl/α,β-unsaturated/α-hetero) is 1. The number of ether oxygens (including phenoxy) is 1. The van der Waals surface area contributed by atoms with E-state index in [0.29, 0.717) is 37.0 Å². The zero-order valence-corrected chi connectivity index (χ0v) is 14.1. The first-order chi connectivity index (χ1) is 11.4. The molecule has 4 unspecified atom stereocenters. The third-order valence-electron chi connectivity index (χ3n) is 6.44. The molecule has 3 aliphatic rings. The summed E-state index contributed by atoms with van der Waals surface area (Å²) in [6, 6.07) is 3.60. The van der Waals surface area contributed by atoms with Crippen LogP contribution in [0, 0.1) is 5.92 Å². The molecule has 1 aliphatic heterocycles. The van der Waals surface area contributed by atoms with Crippen LogP contribution in [0.15, 0.2) is 12.1 Å². The maximum atomic E-state index is 12.7. The summed E-state index contributed by atoms with van der Waals surface area (Å²) in [7, 11) is 0. The molecule has 2 aliphatic carbocycles. The van der Waals surface area contributed by atoms with Crippen molar-refractivity contribution in [2.45, 2.75) is 63.1 Å². The number of aliphatic hydroxyl groups is 1. The average molecular weight is 329 g/mol. The van der Waals surface area contributed by atoms with Crippen molar-refractivity contribution in [2.24, 2.45) is 11.7 Å². The maximum absolute atomic E-state index is 12.7. The van der Waals surface area contributed by atoms with Crippen molar-refractivity contribution in [3.8, 4) is 5.75 Å². The van der Waals surface area contributed by atoms with Crippen LogP contribution < -0.4 is 10.5 Å². The van der Waals surface area contributed by atoms with E-state index in [1.54, 1.807) is 6.07 Å². The lowest BCUT2D eigenvalue weighted by Crippen LogP contribution is -2.67. The molecule has 0 aromatic heterocycles. The first-order valence-electron chi connectivity index (χ1n) is 8.74. The number of carbonyl (C=O) groups is 2. The number of ketones is 1. The van der Waals surface area contributed by atoms with E-state index >= 15 is 0 Å². The molecule has 1 amide bonds. The van der Waals surface area contributed by atoms with Crippen LogP contribution in [0.5, 0.6) is 5.75 Å². The second-order valence-electron chi connectivity index (χ2n) is 7.56. The quantitative estimate of drug-likeness (QED) is 0.886. The van der Waals surface area contributed by atoms with Crippen molar-refractivity contribution in [3.63, 3.8) is 0 Å². The fraction of sp³-hybridized carbons (Fsp3) is 0.579. The van der Waals surface area contributed by atoms with E-state index in [0.717, 1.165) is 17.5 Å². The summed E-state index contributed by atoms with van der Waals surface area (Å²) in [6.07, 6.45) is 2.24. The molecule has 5 heteroatoms. The van der Waals surface area contributed by atoms with Crippen LogP contribution in [0.2, 0.25) is 0 Å². The molecule has 1 heterocycles. The Morgan fingerprint density at radius 1 is 1.46 bits per heavy atom. The predicted molar refractivity (Wildman–Crippen MR) is 88.0 cm³/mol. The smallest absolute Gasteiger partial charge is 0.252 e. The number of amides is 1. The van der Waals surface area contributed by atoms with Gasteiger partial charge < -0.3 is 15.6 Å². The van der Waals surface area contributed by atoms with E-state index in [2.05, 4.69) is 0 Å². The summed E-state index contributed by atoms with van der Waals surface area (Å²) >= 11 is 0. The first-order valence-corrected chi connectivity index (χ1v) is 8.74. The predicted octanol–water partition coefficient (Wildman–Crippen LogP) is 1.87. The second-order valence-corrected chi connectivity index (χ2v) is 7.56. The summed E-state index contributed by atoms with van der Waals surface area (Å²) in [5.74, 6) is -0.0901. The molecule has 128 valence electrons. The van der Waals surface area contributed by atoms with E-state index in [9.17, 15) is 14.7 Å². The number of nitrogens with two attached hydrogens (primary N) is 1. The fourth-order valence-corrected chi connectivity index (χ4v) is 5.45. The van der Waals surface area contributed by atoms with Crippen molar-refractivity contribution in [1.29, 1.82) is 0 Å². The molecule has 24 heavy (non-hydrogen) atoms. The van der Waals surface area contributed by atoms with Crippen LogP contribution in [0.1, 0.15) is 61.0 Å². The molecule has 1 aromatic carbocycles. The summed E-state index contributed by atoms with van der Waals surface area (Å²) < 4.78 is 6.07. The van der Waals surface area contributed by atoms with Crippen LogP contribution >= 0.6 is 0 Å². The van der Waals surface area contributed by atoms with Crippen molar-refractivity contribution < 1.29 is 19.4 Å². The Balaban J connectivity index is 2.08. The number of primary amides is 1. The Kier molecular flexibility index (Phi) is 3.14. The van der Waals surface area contributed by atoms with E-state index < -0.39 is 23.0 Å². The largest absolute Gasteiger partial charge is 0.480 e. The molecular formula is C19H23NO4. The first kappa shape index (κ1) is 15.6. The summed E-state index contributed by atoms with van der Waals surface area (Å²) in [4.78, 5) is 24.5. The lowest BCUT2D eigenvalue weighted by atomic mass is 9.49. The molecule has 0 radical (unpaired) electrons. The minimum Gasteiger partial charge on any atom is -0.480 e. The van der Waals surface area contributed by atoms with E-state index in [1.807, 2.05) is 19.9 Å². The van der Waals surface area contributed by atoms with Gasteiger partial charge in [0.15, 0.2) is 11.9 Å². The highest BCUT2D eigenvalue weighted by Crippen LogP contribution is 2.63. The fourth-order valence-electron chi connectivity index (χ4n) is 5.45. The Morgan fingerprint density at radius 2 is 2.21 bits per heavy atom. The molecule has 1 fully saturated rings. The topological polar surface area (TPSA) is 89.6 Å². The third kappa shape index (κ3) is 1.59. The van der Waals surface area contributed by atoms with Gasteiger partial charge in [-0.3, -0.25) is 9.59 Å². The Labute approximate surface area is 141 Å². The molecule has 3 N–H and O–H groups in total. The van der Waals surface area contributed by atoms with Gasteiger partial charge in [-0.2, -0.15) is 0 Å². The van der Waals surface area contributed by atoms with Crippen LogP contribution in [-0.2, 0) is 16.6 Å². The van der Waals surface area contributed by atoms with Gasteiger partial charge in [-0.25, -0.2) is 0 Å². The second kappa shape index (κ2) is 4.82. The van der Waals surface area contributed by atoms with Crippen LogP contribution in [-0.4, -0.2) is 28.5 Å². The summed E-state index contributed by atoms with van der Waals surface area (Å²) in [5.41, 5.74) is 6.01. The number of rotatable bonds is 3. The molecule has 4 atom stereocenters. The maximum Gasteiger partial charge on any atom is 0.252 e. The molecular weight excluding hydrogens is 306 g/mol. The highest BCUT2D eigenvalue weighted by atomic mass is 16.5. The van der Waals surface area contributed by atoms with Gasteiger partial charge in [0.25, 0.3) is 5.91 Å². The minimum atomic E-state index is -0.990. The number of hydrogen-bond donors (Lipinski definition) is 2. The normalized spacial score (nSPS) is 36.2. The SMILES string of the molecule is CCCC12c3c4ccc(C(N)=O)c3OC1C(=O)CCC2(O)C(C)C4. The van der Waals surface area contributed by atoms with Gasteiger partial charge in [0.1, 0.15) is 5.75 Å². The van der Waals surface area contributed by atoms with Crippen LogP contribution in [0.25, 0.3) is 0 Å². The number of carbonyl (C=O) groups excluding carboxylic acids is 2. The van der Waals surface area contributed by atoms with Gasteiger partial charge in [0.05, 0.1) is 16.6 Å². The molecule has 1 saturated carbocycles. The third-order valence-corrected chi connectivity index (χ3v) is 6.44. The number of benzene rings is 1. The molecule has 0 saturated heterocycles. The Bertz CT molecular complexity index is 758. The Morgan fingerprint density at radius 3 is 2.88 bits per heavy atom. The zero-order valence-electron chi connectivity index (χ0n) is 14.1. The van der Waals surface area contributed by atoms with Crippen molar-refractivity contribution >= 4 is 11.7 Å². The van der Waals surface area contributed by atoms with Crippen LogP contribution in [0.4, 0.5) is 0 Å². The van der Waals surface area contributed by atoms with Gasteiger partial charge in [-0.05, 0) is 36.8 Å². The van der Waals surface area contributed by atoms with Crippen molar-refractivity contribution in [1.82, 2.24) is 0 Å². The summed E-state index contributed by atoms with van der Waals surface area (Å²) in [6.45, 7) is 4.10. The van der Waals surface area contributed by atoms with E-state index in [1.165, 1.54) is 0 Å². The summed E-state index contributed by atoms with van der Waals surface area (Å²) in [5, 5.41) is 11.7. The zero-order chi connectivity index (χ0) is 17.3. The van der Waals surface area contributed by atoms with Gasteiger partial charge in [-0.1, -0.05) is 26.3 Å². The highest BCUT2D eigenvalue weighted by Gasteiger charge is 2.69.